The van der Waals surface area contributed by atoms with E-state index in [2.05, 4.69) is 15.5 Å². The molecule has 0 bridgehead atoms. The molecule has 1 aromatic heterocycles. The topological polar surface area (TPSA) is 69.6 Å². The molecule has 0 amide bonds. The van der Waals surface area contributed by atoms with Gasteiger partial charge in [0.2, 0.25) is 0 Å². The summed E-state index contributed by atoms with van der Waals surface area (Å²) in [6.45, 7) is 0. The summed E-state index contributed by atoms with van der Waals surface area (Å²) in [5.74, 6) is -0.287. The minimum atomic E-state index is -0.515. The maximum atomic E-state index is 14.0. The number of aromatic nitrogens is 4. The SMILES string of the molecule is Nc1ccc(-c2nnnn2-c2cc(Cl)cc(Cl)c2)c(F)c1. The van der Waals surface area contributed by atoms with E-state index < -0.39 is 5.82 Å². The molecule has 1 heterocycles. The summed E-state index contributed by atoms with van der Waals surface area (Å²) in [5.41, 5.74) is 6.62. The van der Waals surface area contributed by atoms with Crippen LogP contribution in [-0.4, -0.2) is 20.2 Å². The predicted octanol–water partition coefficient (Wildman–Crippen LogP) is 3.36. The van der Waals surface area contributed by atoms with Crippen molar-refractivity contribution in [3.05, 3.63) is 52.3 Å². The Morgan fingerprint density at radius 1 is 1.05 bits per heavy atom. The monoisotopic (exact) mass is 323 g/mol. The highest BCUT2D eigenvalue weighted by Gasteiger charge is 2.15. The standard InChI is InChI=1S/C13H8Cl2FN5/c14-7-3-8(15)5-10(4-7)21-13(18-19-20-21)11-2-1-9(17)6-12(11)16/h1-6H,17H2. The van der Waals surface area contributed by atoms with Gasteiger partial charge >= 0.3 is 0 Å². The van der Waals surface area contributed by atoms with Gasteiger partial charge in [0.25, 0.3) is 0 Å². The van der Waals surface area contributed by atoms with Gasteiger partial charge in [0.1, 0.15) is 5.82 Å². The average molecular weight is 324 g/mol. The minimum absolute atomic E-state index is 0.227. The molecule has 106 valence electrons. The lowest BCUT2D eigenvalue weighted by Gasteiger charge is -2.07. The Bertz CT molecular complexity index is 798. The van der Waals surface area contributed by atoms with Crippen molar-refractivity contribution in [1.29, 1.82) is 0 Å². The lowest BCUT2D eigenvalue weighted by Crippen LogP contribution is -2.01. The van der Waals surface area contributed by atoms with Crippen LogP contribution in [0.5, 0.6) is 0 Å². The zero-order chi connectivity index (χ0) is 15.0. The van der Waals surface area contributed by atoms with Crippen molar-refractivity contribution in [2.75, 3.05) is 5.73 Å². The number of benzene rings is 2. The molecule has 0 saturated heterocycles. The summed E-state index contributed by atoms with van der Waals surface area (Å²) < 4.78 is 15.4. The van der Waals surface area contributed by atoms with Crippen molar-refractivity contribution >= 4 is 28.9 Å². The molecule has 0 aliphatic rings. The Labute approximate surface area is 129 Å². The Kier molecular flexibility index (Phi) is 3.48. The second-order valence-electron chi connectivity index (χ2n) is 4.28. The number of rotatable bonds is 2. The van der Waals surface area contributed by atoms with Crippen LogP contribution < -0.4 is 5.73 Å². The number of nitrogen functional groups attached to an aromatic ring is 1. The number of anilines is 1. The molecular weight excluding hydrogens is 316 g/mol. The van der Waals surface area contributed by atoms with E-state index in [0.29, 0.717) is 21.4 Å². The molecule has 0 unspecified atom stereocenters. The first-order valence-corrected chi connectivity index (χ1v) is 6.60. The molecule has 8 heteroatoms. The molecule has 0 spiro atoms. The fourth-order valence-corrected chi connectivity index (χ4v) is 2.42. The van der Waals surface area contributed by atoms with E-state index in [1.54, 1.807) is 24.3 Å². The fourth-order valence-electron chi connectivity index (χ4n) is 1.90. The summed E-state index contributed by atoms with van der Waals surface area (Å²) >= 11 is 11.9. The van der Waals surface area contributed by atoms with Gasteiger partial charge in [-0.15, -0.1) is 5.10 Å². The van der Waals surface area contributed by atoms with Gasteiger partial charge in [0, 0.05) is 15.7 Å². The van der Waals surface area contributed by atoms with Gasteiger partial charge in [0.15, 0.2) is 5.82 Å². The fraction of sp³-hybridized carbons (Fsp3) is 0. The Morgan fingerprint density at radius 3 is 2.43 bits per heavy atom. The molecular formula is C13H8Cl2FN5. The summed E-state index contributed by atoms with van der Waals surface area (Å²) in [6.07, 6.45) is 0. The van der Waals surface area contributed by atoms with Crippen LogP contribution in [0, 0.1) is 5.82 Å². The summed E-state index contributed by atoms with van der Waals surface area (Å²) in [7, 11) is 0. The van der Waals surface area contributed by atoms with Crippen molar-refractivity contribution < 1.29 is 4.39 Å². The molecule has 0 saturated carbocycles. The largest absolute Gasteiger partial charge is 0.399 e. The van der Waals surface area contributed by atoms with Crippen LogP contribution in [0.2, 0.25) is 10.0 Å². The maximum absolute atomic E-state index is 14.0. The Hall–Kier alpha value is -2.18. The number of nitrogens with two attached hydrogens (primary N) is 1. The lowest BCUT2D eigenvalue weighted by atomic mass is 10.2. The first-order chi connectivity index (χ1) is 10.0. The first kappa shape index (κ1) is 13.8. The molecule has 3 rings (SSSR count). The summed E-state index contributed by atoms with van der Waals surface area (Å²) in [5, 5.41) is 12.1. The zero-order valence-corrected chi connectivity index (χ0v) is 12.0. The molecule has 2 N–H and O–H groups in total. The van der Waals surface area contributed by atoms with Crippen LogP contribution in [0.4, 0.5) is 10.1 Å². The number of nitrogens with zero attached hydrogens (tertiary/aromatic N) is 4. The van der Waals surface area contributed by atoms with Crippen molar-refractivity contribution in [2.24, 2.45) is 0 Å². The highest BCUT2D eigenvalue weighted by atomic mass is 35.5. The lowest BCUT2D eigenvalue weighted by molar-refractivity contribution is 0.629. The third-order valence-electron chi connectivity index (χ3n) is 2.80. The van der Waals surface area contributed by atoms with Crippen molar-refractivity contribution in [3.63, 3.8) is 0 Å². The Balaban J connectivity index is 2.17. The zero-order valence-electron chi connectivity index (χ0n) is 10.5. The molecule has 0 atom stereocenters. The number of tetrazole rings is 1. The van der Waals surface area contributed by atoms with Crippen LogP contribution in [0.1, 0.15) is 0 Å². The van der Waals surface area contributed by atoms with Crippen LogP contribution in [0.3, 0.4) is 0 Å². The van der Waals surface area contributed by atoms with Gasteiger partial charge in [-0.3, -0.25) is 0 Å². The number of hydrogen-bond donors (Lipinski definition) is 1. The highest BCUT2D eigenvalue weighted by molar-refractivity contribution is 6.34. The quantitative estimate of drug-likeness (QED) is 0.734. The van der Waals surface area contributed by atoms with Gasteiger partial charge in [0.05, 0.1) is 11.3 Å². The molecule has 5 nitrogen and oxygen atoms in total. The molecule has 0 aliphatic carbocycles. The Morgan fingerprint density at radius 2 is 1.76 bits per heavy atom. The van der Waals surface area contributed by atoms with Crippen LogP contribution in [0.15, 0.2) is 36.4 Å². The van der Waals surface area contributed by atoms with Crippen molar-refractivity contribution in [2.45, 2.75) is 0 Å². The molecule has 0 fully saturated rings. The average Bonchev–Trinajstić information content (AvgIpc) is 2.86. The van der Waals surface area contributed by atoms with Crippen LogP contribution in [0.25, 0.3) is 17.1 Å². The number of hydrogen-bond acceptors (Lipinski definition) is 4. The van der Waals surface area contributed by atoms with E-state index in [1.165, 1.54) is 16.8 Å². The van der Waals surface area contributed by atoms with Gasteiger partial charge < -0.3 is 5.73 Å². The summed E-state index contributed by atoms with van der Waals surface area (Å²) in [4.78, 5) is 0. The van der Waals surface area contributed by atoms with Crippen molar-refractivity contribution in [3.8, 4) is 17.1 Å². The molecule has 3 aromatic rings. The molecule has 2 aromatic carbocycles. The third kappa shape index (κ3) is 2.68. The van der Waals surface area contributed by atoms with E-state index in [9.17, 15) is 4.39 Å². The van der Waals surface area contributed by atoms with Crippen molar-refractivity contribution in [1.82, 2.24) is 20.2 Å². The number of halogens is 3. The highest BCUT2D eigenvalue weighted by Crippen LogP contribution is 2.27. The second-order valence-corrected chi connectivity index (χ2v) is 5.15. The van der Waals surface area contributed by atoms with E-state index in [-0.39, 0.29) is 11.4 Å². The smallest absolute Gasteiger partial charge is 0.190 e. The first-order valence-electron chi connectivity index (χ1n) is 5.85. The summed E-state index contributed by atoms with van der Waals surface area (Å²) in [6, 6.07) is 9.13. The predicted molar refractivity (Wildman–Crippen MR) is 79.0 cm³/mol. The third-order valence-corrected chi connectivity index (χ3v) is 3.23. The van der Waals surface area contributed by atoms with Gasteiger partial charge in [-0.2, -0.15) is 4.68 Å². The van der Waals surface area contributed by atoms with Gasteiger partial charge in [-0.25, -0.2) is 4.39 Å². The van der Waals surface area contributed by atoms with E-state index in [0.717, 1.165) is 0 Å². The minimum Gasteiger partial charge on any atom is -0.399 e. The van der Waals surface area contributed by atoms with Gasteiger partial charge in [-0.1, -0.05) is 23.2 Å². The maximum Gasteiger partial charge on any atom is 0.190 e. The van der Waals surface area contributed by atoms with E-state index in [4.69, 9.17) is 28.9 Å². The molecule has 21 heavy (non-hydrogen) atoms. The second kappa shape index (κ2) is 5.31. The molecule has 0 radical (unpaired) electrons. The van der Waals surface area contributed by atoms with E-state index >= 15 is 0 Å². The van der Waals surface area contributed by atoms with Gasteiger partial charge in [-0.05, 0) is 46.8 Å². The van der Waals surface area contributed by atoms with E-state index in [1.807, 2.05) is 0 Å². The van der Waals surface area contributed by atoms with Crippen LogP contribution >= 0.6 is 23.2 Å². The van der Waals surface area contributed by atoms with Crippen LogP contribution in [-0.2, 0) is 0 Å². The molecule has 0 aliphatic heterocycles. The normalized spacial score (nSPS) is 10.8.